The van der Waals surface area contributed by atoms with E-state index < -0.39 is 80.8 Å². The number of carboxylic acid groups (broad SMARTS) is 1. The summed E-state index contributed by atoms with van der Waals surface area (Å²) in [5, 5.41) is 76.5. The van der Waals surface area contributed by atoms with Gasteiger partial charge in [0.05, 0.1) is 13.2 Å². The van der Waals surface area contributed by atoms with Crippen LogP contribution in [0.5, 0.6) is 0 Å². The molecule has 0 bridgehead atoms. The standard InChI is InChI=1S/C13H22O13.Ca.2H/c14-1-3-5(16)6(17)8(19)11(23-3)25-10-4(2-15)24-12(26-13(21)22)9(20)7(10)18;;;/h3-12,14-20H,1-2H2,(H,21,22);;;/t3-,4-,5-,6+,7-,8-,9-,10-,11-,12+;;;/m1.../s1. The average molecular weight is 428 g/mol. The summed E-state index contributed by atoms with van der Waals surface area (Å²) in [6.07, 6.45) is -18.3. The molecule has 0 radical (unpaired) electrons. The van der Waals surface area contributed by atoms with Gasteiger partial charge in [-0.05, 0) is 0 Å². The summed E-state index contributed by atoms with van der Waals surface area (Å²) in [4.78, 5) is 10.6. The van der Waals surface area contributed by atoms with Crippen LogP contribution >= 0.6 is 0 Å². The number of hydrogen-bond acceptors (Lipinski definition) is 12. The Morgan fingerprint density at radius 3 is 1.81 bits per heavy atom. The molecule has 10 atom stereocenters. The van der Waals surface area contributed by atoms with Gasteiger partial charge in [-0.2, -0.15) is 0 Å². The summed E-state index contributed by atoms with van der Waals surface area (Å²) in [7, 11) is 0. The molecule has 0 unspecified atom stereocenters. The fourth-order valence-corrected chi connectivity index (χ4v) is 2.75. The first-order valence-corrected chi connectivity index (χ1v) is 7.69. The molecule has 0 aromatic carbocycles. The maximum absolute atomic E-state index is 10.6. The molecule has 0 aromatic rings. The van der Waals surface area contributed by atoms with E-state index in [1.165, 1.54) is 0 Å². The Balaban J connectivity index is 0.00000364. The molecule has 0 saturated carbocycles. The summed E-state index contributed by atoms with van der Waals surface area (Å²) in [5.74, 6) is 0. The van der Waals surface area contributed by atoms with E-state index in [1.54, 1.807) is 0 Å². The van der Waals surface area contributed by atoms with Crippen molar-refractivity contribution in [3.63, 3.8) is 0 Å². The van der Waals surface area contributed by atoms with E-state index in [9.17, 15) is 35.4 Å². The summed E-state index contributed by atoms with van der Waals surface area (Å²) in [6, 6.07) is 0. The van der Waals surface area contributed by atoms with Crippen molar-refractivity contribution in [1.29, 1.82) is 0 Å². The fourth-order valence-electron chi connectivity index (χ4n) is 2.75. The molecule has 2 rings (SSSR count). The second kappa shape index (κ2) is 10.8. The first kappa shape index (κ1) is 25.2. The molecule has 0 amide bonds. The second-order valence-corrected chi connectivity index (χ2v) is 5.89. The molecule has 14 heteroatoms. The van der Waals surface area contributed by atoms with Crippen molar-refractivity contribution in [3.8, 4) is 0 Å². The van der Waals surface area contributed by atoms with Crippen molar-refractivity contribution in [2.75, 3.05) is 13.2 Å². The molecule has 13 nitrogen and oxygen atoms in total. The molecule has 0 aliphatic carbocycles. The summed E-state index contributed by atoms with van der Waals surface area (Å²) < 4.78 is 19.7. The number of carbonyl (C=O) groups is 1. The van der Waals surface area contributed by atoms with Gasteiger partial charge in [-0.3, -0.25) is 0 Å². The van der Waals surface area contributed by atoms with Gasteiger partial charge in [0.15, 0.2) is 6.29 Å². The van der Waals surface area contributed by atoms with Crippen LogP contribution < -0.4 is 0 Å². The Morgan fingerprint density at radius 1 is 0.778 bits per heavy atom. The maximum atomic E-state index is 10.6. The van der Waals surface area contributed by atoms with Crippen molar-refractivity contribution >= 4 is 43.9 Å². The van der Waals surface area contributed by atoms with E-state index in [2.05, 4.69) is 4.74 Å². The first-order chi connectivity index (χ1) is 12.2. The average Bonchev–Trinajstić information content (AvgIpc) is 2.60. The fraction of sp³-hybridized carbons (Fsp3) is 0.923. The van der Waals surface area contributed by atoms with Crippen molar-refractivity contribution in [2.24, 2.45) is 0 Å². The summed E-state index contributed by atoms with van der Waals surface area (Å²) in [5.41, 5.74) is 0. The van der Waals surface area contributed by atoms with Crippen LogP contribution in [-0.4, -0.2) is 159 Å². The summed E-state index contributed by atoms with van der Waals surface area (Å²) >= 11 is 0. The predicted molar refractivity (Wildman–Crippen MR) is 84.1 cm³/mol. The van der Waals surface area contributed by atoms with Crippen LogP contribution in [0, 0.1) is 0 Å². The van der Waals surface area contributed by atoms with Crippen LogP contribution in [0.15, 0.2) is 0 Å². The van der Waals surface area contributed by atoms with E-state index in [4.69, 9.17) is 24.4 Å². The SMILES string of the molecule is O=C(O)O[C@@H]1O[C@H](CO)[C@@H](O[C@H]2O[C@H](CO)[C@@H](O)[C@H](O)[C@H]2O)[C@H](O)[C@H]1O.[CaH2]. The summed E-state index contributed by atoms with van der Waals surface area (Å²) in [6.45, 7) is -1.50. The molecule has 8 N–H and O–H groups in total. The molecule has 156 valence electrons. The quantitative estimate of drug-likeness (QED) is 0.152. The van der Waals surface area contributed by atoms with Gasteiger partial charge < -0.3 is 59.8 Å². The van der Waals surface area contributed by atoms with Crippen LogP contribution in [0.3, 0.4) is 0 Å². The first-order valence-electron chi connectivity index (χ1n) is 7.69. The number of hydrogen-bond donors (Lipinski definition) is 8. The molecule has 0 spiro atoms. The third-order valence-electron chi connectivity index (χ3n) is 4.18. The molecule has 2 aliphatic heterocycles. The molecule has 2 heterocycles. The van der Waals surface area contributed by atoms with E-state index in [-0.39, 0.29) is 37.7 Å². The van der Waals surface area contributed by atoms with E-state index in [1.807, 2.05) is 0 Å². The minimum atomic E-state index is -1.89. The van der Waals surface area contributed by atoms with Crippen LogP contribution in [0.4, 0.5) is 4.79 Å². The topological polar surface area (TPSA) is 216 Å². The van der Waals surface area contributed by atoms with Gasteiger partial charge in [0.2, 0.25) is 6.29 Å². The molecule has 2 aliphatic rings. The van der Waals surface area contributed by atoms with Crippen molar-refractivity contribution in [3.05, 3.63) is 0 Å². The van der Waals surface area contributed by atoms with Crippen molar-refractivity contribution in [1.82, 2.24) is 0 Å². The van der Waals surface area contributed by atoms with Gasteiger partial charge in [-0.25, -0.2) is 4.79 Å². The third kappa shape index (κ3) is 5.60. The Bertz CT molecular complexity index is 477. The molecule has 27 heavy (non-hydrogen) atoms. The third-order valence-corrected chi connectivity index (χ3v) is 4.18. The van der Waals surface area contributed by atoms with Crippen LogP contribution in [0.25, 0.3) is 0 Å². The molecule has 2 fully saturated rings. The molecule has 0 aromatic heterocycles. The number of aliphatic hydroxyl groups is 7. The van der Waals surface area contributed by atoms with Gasteiger partial charge in [0.1, 0.15) is 48.8 Å². The van der Waals surface area contributed by atoms with Crippen LogP contribution in [0.1, 0.15) is 0 Å². The Kier molecular flexibility index (Phi) is 10.0. The Hall–Kier alpha value is 0.130. The Morgan fingerprint density at radius 2 is 1.30 bits per heavy atom. The van der Waals surface area contributed by atoms with Gasteiger partial charge in [-0.1, -0.05) is 0 Å². The zero-order valence-electron chi connectivity index (χ0n) is 13.3. The normalized spacial score (nSPS) is 45.0. The van der Waals surface area contributed by atoms with Gasteiger partial charge in [-0.15, -0.1) is 0 Å². The van der Waals surface area contributed by atoms with E-state index in [0.717, 1.165) is 0 Å². The number of rotatable bonds is 5. The van der Waals surface area contributed by atoms with E-state index >= 15 is 0 Å². The minimum absolute atomic E-state index is 0. The van der Waals surface area contributed by atoms with Crippen molar-refractivity contribution < 1.29 is 64.6 Å². The molecule has 2 saturated heterocycles. The van der Waals surface area contributed by atoms with Gasteiger partial charge in [0, 0.05) is 0 Å². The zero-order valence-corrected chi connectivity index (χ0v) is 13.3. The van der Waals surface area contributed by atoms with Gasteiger partial charge >= 0.3 is 43.9 Å². The number of aliphatic hydroxyl groups excluding tert-OH is 7. The number of ether oxygens (including phenoxy) is 4. The van der Waals surface area contributed by atoms with Crippen LogP contribution in [-0.2, 0) is 18.9 Å². The Labute approximate surface area is 182 Å². The van der Waals surface area contributed by atoms with E-state index in [0.29, 0.717) is 0 Å². The van der Waals surface area contributed by atoms with Crippen LogP contribution in [0.2, 0.25) is 0 Å². The van der Waals surface area contributed by atoms with Crippen molar-refractivity contribution in [2.45, 2.75) is 61.4 Å². The second-order valence-electron chi connectivity index (χ2n) is 5.89. The monoisotopic (exact) mass is 428 g/mol. The molecular weight excluding hydrogens is 404 g/mol. The van der Waals surface area contributed by atoms with Gasteiger partial charge in [0.25, 0.3) is 0 Å². The molecular formula is C13H24CaO13. The zero-order chi connectivity index (χ0) is 19.6. The predicted octanol–water partition coefficient (Wildman–Crippen LogP) is -5.61.